The smallest absolute Gasteiger partial charge is 0.251 e. The molecule has 2 fully saturated rings. The Balaban J connectivity index is 1.71. The van der Waals surface area contributed by atoms with Gasteiger partial charge in [-0.2, -0.15) is 0 Å². The van der Waals surface area contributed by atoms with E-state index in [0.29, 0.717) is 38.2 Å². The van der Waals surface area contributed by atoms with Gasteiger partial charge in [0.2, 0.25) is 5.92 Å². The first-order valence-corrected chi connectivity index (χ1v) is 10.7. The van der Waals surface area contributed by atoms with Crippen LogP contribution in [0.2, 0.25) is 0 Å². The third kappa shape index (κ3) is 6.20. The number of rotatable bonds is 8. The van der Waals surface area contributed by atoms with E-state index in [1.807, 2.05) is 25.1 Å². The minimum Gasteiger partial charge on any atom is -0.379 e. The van der Waals surface area contributed by atoms with Crippen molar-refractivity contribution in [3.63, 3.8) is 0 Å². The number of amides is 1. The topological polar surface area (TPSA) is 50.8 Å². The van der Waals surface area contributed by atoms with Gasteiger partial charge >= 0.3 is 0 Å². The molecule has 1 heterocycles. The fraction of sp³-hybridized carbons (Fsp3) is 0.682. The molecule has 162 valence electrons. The third-order valence-electron chi connectivity index (χ3n) is 5.85. The van der Waals surface area contributed by atoms with Crippen molar-refractivity contribution in [2.75, 3.05) is 46.0 Å². The number of nitrogens with zero attached hydrogens (tertiary/aromatic N) is 1. The summed E-state index contributed by atoms with van der Waals surface area (Å²) in [6.45, 7) is 7.32. The van der Waals surface area contributed by atoms with E-state index in [1.165, 1.54) is 0 Å². The third-order valence-corrected chi connectivity index (χ3v) is 5.85. The molecule has 0 bridgehead atoms. The van der Waals surface area contributed by atoms with E-state index >= 15 is 0 Å². The summed E-state index contributed by atoms with van der Waals surface area (Å²) in [5, 5.41) is 3.03. The number of halogens is 2. The van der Waals surface area contributed by atoms with Crippen LogP contribution in [0.25, 0.3) is 0 Å². The lowest BCUT2D eigenvalue weighted by molar-refractivity contribution is -0.0382. The fourth-order valence-electron chi connectivity index (χ4n) is 4.16. The lowest BCUT2D eigenvalue weighted by Crippen LogP contribution is -2.41. The average Bonchev–Trinajstić information content (AvgIpc) is 2.72. The van der Waals surface area contributed by atoms with Crippen LogP contribution >= 0.6 is 0 Å². The Kier molecular flexibility index (Phi) is 7.98. The normalized spacial score (nSPS) is 20.5. The summed E-state index contributed by atoms with van der Waals surface area (Å²) < 4.78 is 38.2. The Morgan fingerprint density at radius 3 is 2.69 bits per heavy atom. The quantitative estimate of drug-likeness (QED) is 0.712. The highest BCUT2D eigenvalue weighted by Crippen LogP contribution is 2.42. The number of carbonyl (C=O) groups is 1. The number of morpholine rings is 1. The molecule has 2 aliphatic rings. The zero-order valence-corrected chi connectivity index (χ0v) is 17.2. The number of hydrogen-bond donors (Lipinski definition) is 1. The maximum Gasteiger partial charge on any atom is 0.251 e. The zero-order chi connectivity index (χ0) is 20.7. The van der Waals surface area contributed by atoms with Crippen molar-refractivity contribution in [1.29, 1.82) is 0 Å². The van der Waals surface area contributed by atoms with Crippen molar-refractivity contribution in [1.82, 2.24) is 10.2 Å². The summed E-state index contributed by atoms with van der Waals surface area (Å²) >= 11 is 0. The van der Waals surface area contributed by atoms with E-state index in [4.69, 9.17) is 9.47 Å². The Bertz CT molecular complexity index is 668. The van der Waals surface area contributed by atoms with Crippen LogP contribution in [0.3, 0.4) is 0 Å². The van der Waals surface area contributed by atoms with Gasteiger partial charge in [-0.25, -0.2) is 8.78 Å². The van der Waals surface area contributed by atoms with Gasteiger partial charge in [-0.1, -0.05) is 18.2 Å². The molecule has 0 aromatic heterocycles. The van der Waals surface area contributed by atoms with E-state index in [1.54, 1.807) is 0 Å². The van der Waals surface area contributed by atoms with Crippen molar-refractivity contribution >= 4 is 5.91 Å². The van der Waals surface area contributed by atoms with Gasteiger partial charge in [-0.3, -0.25) is 9.69 Å². The van der Waals surface area contributed by atoms with Crippen LogP contribution in [0.5, 0.6) is 0 Å². The molecular formula is C22H32F2N2O3. The fourth-order valence-corrected chi connectivity index (χ4v) is 4.16. The predicted octanol–water partition coefficient (Wildman–Crippen LogP) is 3.58. The molecule has 0 unspecified atom stereocenters. The molecular weight excluding hydrogens is 378 g/mol. The lowest BCUT2D eigenvalue weighted by atomic mass is 9.79. The van der Waals surface area contributed by atoms with Gasteiger partial charge in [-0.15, -0.1) is 0 Å². The molecule has 5 nitrogen and oxygen atoms in total. The molecule has 1 aromatic rings. The number of nitrogens with one attached hydrogen (secondary N) is 1. The molecule has 1 saturated carbocycles. The summed E-state index contributed by atoms with van der Waals surface area (Å²) in [5.41, 5.74) is 2.31. The van der Waals surface area contributed by atoms with Crippen LogP contribution in [0, 0.1) is 0 Å². The molecule has 3 rings (SSSR count). The van der Waals surface area contributed by atoms with E-state index < -0.39 is 5.92 Å². The summed E-state index contributed by atoms with van der Waals surface area (Å²) in [7, 11) is 0. The summed E-state index contributed by atoms with van der Waals surface area (Å²) in [6.07, 6.45) is 0.565. The van der Waals surface area contributed by atoms with Crippen molar-refractivity contribution in [3.05, 3.63) is 34.9 Å². The standard InChI is InChI=1S/C22H32F2N2O3/c1-2-28-16-18-4-3-5-19(17-6-8-22(23,24)9-7-17)20(18)21(27)25-10-11-26-12-14-29-15-13-26/h3-5,17H,2,6-16H2,1H3,(H,25,27). The molecule has 0 radical (unpaired) electrons. The number of ether oxygens (including phenoxy) is 2. The van der Waals surface area contributed by atoms with Gasteiger partial charge in [0, 0.05) is 51.2 Å². The Morgan fingerprint density at radius 1 is 1.28 bits per heavy atom. The van der Waals surface area contributed by atoms with Crippen LogP contribution < -0.4 is 5.32 Å². The highest BCUT2D eigenvalue weighted by molar-refractivity contribution is 5.97. The summed E-state index contributed by atoms with van der Waals surface area (Å²) in [4.78, 5) is 15.4. The molecule has 1 aliphatic heterocycles. The van der Waals surface area contributed by atoms with Crippen LogP contribution in [-0.2, 0) is 16.1 Å². The number of alkyl halides is 2. The molecule has 1 aliphatic carbocycles. The van der Waals surface area contributed by atoms with E-state index in [2.05, 4.69) is 10.2 Å². The number of carbonyl (C=O) groups excluding carboxylic acids is 1. The van der Waals surface area contributed by atoms with Crippen molar-refractivity contribution < 1.29 is 23.0 Å². The molecule has 29 heavy (non-hydrogen) atoms. The second-order valence-electron chi connectivity index (χ2n) is 7.86. The highest BCUT2D eigenvalue weighted by Gasteiger charge is 2.36. The monoisotopic (exact) mass is 410 g/mol. The maximum atomic E-state index is 13.6. The SMILES string of the molecule is CCOCc1cccc(C2CCC(F)(F)CC2)c1C(=O)NCCN1CCOCC1. The van der Waals surface area contributed by atoms with Crippen molar-refractivity contribution in [3.8, 4) is 0 Å². The first-order valence-electron chi connectivity index (χ1n) is 10.7. The van der Waals surface area contributed by atoms with Crippen LogP contribution in [0.15, 0.2) is 18.2 Å². The highest BCUT2D eigenvalue weighted by atomic mass is 19.3. The Labute approximate surface area is 171 Å². The molecule has 1 amide bonds. The first kappa shape index (κ1) is 22.1. The van der Waals surface area contributed by atoms with Gasteiger partial charge in [0.15, 0.2) is 0 Å². The molecule has 0 spiro atoms. The first-order chi connectivity index (χ1) is 14.0. The largest absolute Gasteiger partial charge is 0.379 e. The lowest BCUT2D eigenvalue weighted by Gasteiger charge is -2.30. The summed E-state index contributed by atoms with van der Waals surface area (Å²) in [5.74, 6) is -2.74. The molecule has 1 saturated heterocycles. The number of benzene rings is 1. The second-order valence-corrected chi connectivity index (χ2v) is 7.86. The molecule has 7 heteroatoms. The van der Waals surface area contributed by atoms with Crippen LogP contribution in [0.4, 0.5) is 8.78 Å². The zero-order valence-electron chi connectivity index (χ0n) is 17.2. The Hall–Kier alpha value is -1.57. The summed E-state index contributed by atoms with van der Waals surface area (Å²) in [6, 6.07) is 5.72. The average molecular weight is 411 g/mol. The molecule has 0 atom stereocenters. The van der Waals surface area contributed by atoms with Crippen LogP contribution in [0.1, 0.15) is 60.0 Å². The van der Waals surface area contributed by atoms with E-state index in [-0.39, 0.29) is 24.7 Å². The number of hydrogen-bond acceptors (Lipinski definition) is 4. The minimum atomic E-state index is -2.58. The van der Waals surface area contributed by atoms with Crippen molar-refractivity contribution in [2.24, 2.45) is 0 Å². The van der Waals surface area contributed by atoms with E-state index in [9.17, 15) is 13.6 Å². The van der Waals surface area contributed by atoms with Gasteiger partial charge in [0.1, 0.15) is 0 Å². The van der Waals surface area contributed by atoms with Gasteiger partial charge < -0.3 is 14.8 Å². The molecule has 1 N–H and O–H groups in total. The maximum absolute atomic E-state index is 13.6. The second kappa shape index (κ2) is 10.5. The predicted molar refractivity (Wildman–Crippen MR) is 108 cm³/mol. The Morgan fingerprint density at radius 2 is 2.00 bits per heavy atom. The minimum absolute atomic E-state index is 0.0174. The van der Waals surface area contributed by atoms with Crippen LogP contribution in [-0.4, -0.2) is 62.7 Å². The van der Waals surface area contributed by atoms with Gasteiger partial charge in [-0.05, 0) is 36.8 Å². The van der Waals surface area contributed by atoms with Crippen molar-refractivity contribution in [2.45, 2.75) is 51.1 Å². The van der Waals surface area contributed by atoms with E-state index in [0.717, 1.165) is 44.0 Å². The van der Waals surface area contributed by atoms with Gasteiger partial charge in [0.25, 0.3) is 5.91 Å². The van der Waals surface area contributed by atoms with Gasteiger partial charge in [0.05, 0.1) is 19.8 Å². The molecule has 1 aromatic carbocycles.